The van der Waals surface area contributed by atoms with Gasteiger partial charge in [-0.15, -0.1) is 0 Å². The fourth-order valence-corrected chi connectivity index (χ4v) is 3.18. The van der Waals surface area contributed by atoms with Crippen molar-refractivity contribution in [3.63, 3.8) is 0 Å². The Morgan fingerprint density at radius 3 is 2.32 bits per heavy atom. The number of carbonyl (C=O) groups excluding carboxylic acids is 1. The van der Waals surface area contributed by atoms with Crippen molar-refractivity contribution in [1.82, 2.24) is 4.90 Å². The molecule has 0 aliphatic carbocycles. The highest BCUT2D eigenvalue weighted by Crippen LogP contribution is 2.28. The van der Waals surface area contributed by atoms with Crippen molar-refractivity contribution < 1.29 is 9.53 Å². The molecule has 1 N–H and O–H groups in total. The number of piperazine rings is 1. The number of amides is 1. The van der Waals surface area contributed by atoms with Gasteiger partial charge in [0.1, 0.15) is 5.75 Å². The van der Waals surface area contributed by atoms with E-state index in [1.807, 2.05) is 55.5 Å². The van der Waals surface area contributed by atoms with Gasteiger partial charge in [0.25, 0.3) is 0 Å². The van der Waals surface area contributed by atoms with Crippen LogP contribution in [0.5, 0.6) is 5.75 Å². The molecule has 0 aromatic heterocycles. The Hall–Kier alpha value is -2.53. The zero-order chi connectivity index (χ0) is 17.6. The van der Waals surface area contributed by atoms with Crippen molar-refractivity contribution in [1.29, 1.82) is 0 Å². The van der Waals surface area contributed by atoms with E-state index in [1.165, 1.54) is 0 Å². The zero-order valence-corrected chi connectivity index (χ0v) is 14.8. The van der Waals surface area contributed by atoms with E-state index < -0.39 is 0 Å². The maximum Gasteiger partial charge on any atom is 0.241 e. The van der Waals surface area contributed by atoms with Gasteiger partial charge in [-0.05, 0) is 31.2 Å². The summed E-state index contributed by atoms with van der Waals surface area (Å²) >= 11 is 0. The number of para-hydroxylation sites is 3. The molecule has 1 saturated heterocycles. The topological polar surface area (TPSA) is 44.8 Å². The van der Waals surface area contributed by atoms with Crippen LogP contribution in [0.3, 0.4) is 0 Å². The molecule has 1 heterocycles. The van der Waals surface area contributed by atoms with Crippen molar-refractivity contribution in [3.05, 3.63) is 54.6 Å². The van der Waals surface area contributed by atoms with E-state index in [0.717, 1.165) is 43.3 Å². The summed E-state index contributed by atoms with van der Waals surface area (Å²) in [5.41, 5.74) is 1.96. The fourth-order valence-electron chi connectivity index (χ4n) is 3.18. The van der Waals surface area contributed by atoms with Gasteiger partial charge >= 0.3 is 0 Å². The number of carbonyl (C=O) groups is 1. The average molecular weight is 339 g/mol. The average Bonchev–Trinajstić information content (AvgIpc) is 2.68. The predicted molar refractivity (Wildman–Crippen MR) is 101 cm³/mol. The minimum Gasteiger partial charge on any atom is -0.495 e. The van der Waals surface area contributed by atoms with Crippen LogP contribution in [0.25, 0.3) is 0 Å². The van der Waals surface area contributed by atoms with E-state index in [2.05, 4.69) is 21.2 Å². The van der Waals surface area contributed by atoms with Crippen LogP contribution >= 0.6 is 0 Å². The predicted octanol–water partition coefficient (Wildman–Crippen LogP) is 2.84. The van der Waals surface area contributed by atoms with Crippen molar-refractivity contribution >= 4 is 17.3 Å². The SMILES string of the molecule is COc1ccccc1N1CCN(C(C)C(=O)Nc2ccccc2)CC1. The molecule has 2 aromatic rings. The van der Waals surface area contributed by atoms with E-state index in [-0.39, 0.29) is 11.9 Å². The van der Waals surface area contributed by atoms with E-state index in [0.29, 0.717) is 0 Å². The van der Waals surface area contributed by atoms with Crippen LogP contribution in [-0.2, 0) is 4.79 Å². The number of anilines is 2. The molecule has 132 valence electrons. The van der Waals surface area contributed by atoms with Gasteiger partial charge in [-0.25, -0.2) is 0 Å². The first-order valence-electron chi connectivity index (χ1n) is 8.67. The number of ether oxygens (including phenoxy) is 1. The minimum absolute atomic E-state index is 0.0388. The monoisotopic (exact) mass is 339 g/mol. The minimum atomic E-state index is -0.153. The summed E-state index contributed by atoms with van der Waals surface area (Å²) in [6.45, 7) is 5.42. The van der Waals surface area contributed by atoms with E-state index in [9.17, 15) is 4.79 Å². The fraction of sp³-hybridized carbons (Fsp3) is 0.350. The summed E-state index contributed by atoms with van der Waals surface area (Å²) in [7, 11) is 1.70. The molecule has 0 spiro atoms. The molecule has 0 saturated carbocycles. The van der Waals surface area contributed by atoms with Crippen LogP contribution < -0.4 is 15.0 Å². The summed E-state index contributed by atoms with van der Waals surface area (Å²) in [4.78, 5) is 17.0. The maximum absolute atomic E-state index is 12.5. The third kappa shape index (κ3) is 4.12. The summed E-state index contributed by atoms with van der Waals surface area (Å²) in [5, 5.41) is 2.99. The van der Waals surface area contributed by atoms with Gasteiger partial charge < -0.3 is 15.0 Å². The first-order chi connectivity index (χ1) is 12.2. The lowest BCUT2D eigenvalue weighted by atomic mass is 10.2. The molecule has 25 heavy (non-hydrogen) atoms. The largest absolute Gasteiger partial charge is 0.495 e. The van der Waals surface area contributed by atoms with Gasteiger partial charge in [0.15, 0.2) is 0 Å². The molecule has 1 aliphatic heterocycles. The van der Waals surface area contributed by atoms with Gasteiger partial charge in [0, 0.05) is 31.9 Å². The molecule has 1 unspecified atom stereocenters. The molecule has 3 rings (SSSR count). The second kappa shape index (κ2) is 8.03. The standard InChI is InChI=1S/C20H25N3O2/c1-16(20(24)21-17-8-4-3-5-9-17)22-12-14-23(15-13-22)18-10-6-7-11-19(18)25-2/h3-11,16H,12-15H2,1-2H3,(H,21,24). The lowest BCUT2D eigenvalue weighted by molar-refractivity contribution is -0.120. The summed E-state index contributed by atoms with van der Waals surface area (Å²) < 4.78 is 5.46. The van der Waals surface area contributed by atoms with E-state index in [1.54, 1.807) is 7.11 Å². The highest BCUT2D eigenvalue weighted by Gasteiger charge is 2.26. The summed E-state index contributed by atoms with van der Waals surface area (Å²) in [6.07, 6.45) is 0. The lowest BCUT2D eigenvalue weighted by Crippen LogP contribution is -2.52. The number of benzene rings is 2. The number of nitrogens with zero attached hydrogens (tertiary/aromatic N) is 2. The molecule has 0 bridgehead atoms. The van der Waals surface area contributed by atoms with Crippen LogP contribution in [0, 0.1) is 0 Å². The number of hydrogen-bond acceptors (Lipinski definition) is 4. The van der Waals surface area contributed by atoms with Gasteiger partial charge in [0.05, 0.1) is 18.8 Å². The van der Waals surface area contributed by atoms with Crippen LogP contribution in [0.1, 0.15) is 6.92 Å². The van der Waals surface area contributed by atoms with Crippen LogP contribution in [0.2, 0.25) is 0 Å². The van der Waals surface area contributed by atoms with Crippen molar-refractivity contribution in [2.75, 3.05) is 43.5 Å². The molecule has 0 radical (unpaired) electrons. The Morgan fingerprint density at radius 2 is 1.64 bits per heavy atom. The molecule has 5 nitrogen and oxygen atoms in total. The van der Waals surface area contributed by atoms with Gasteiger partial charge in [-0.3, -0.25) is 9.69 Å². The molecule has 1 fully saturated rings. The Kier molecular flexibility index (Phi) is 5.56. The first kappa shape index (κ1) is 17.3. The van der Waals surface area contributed by atoms with Crippen molar-refractivity contribution in [2.24, 2.45) is 0 Å². The quantitative estimate of drug-likeness (QED) is 0.910. The second-order valence-corrected chi connectivity index (χ2v) is 6.23. The van der Waals surface area contributed by atoms with Gasteiger partial charge in [-0.1, -0.05) is 30.3 Å². The number of methoxy groups -OCH3 is 1. The third-order valence-electron chi connectivity index (χ3n) is 4.71. The number of hydrogen-bond donors (Lipinski definition) is 1. The highest BCUT2D eigenvalue weighted by molar-refractivity contribution is 5.94. The molecule has 5 heteroatoms. The van der Waals surface area contributed by atoms with E-state index in [4.69, 9.17) is 4.74 Å². The molecule has 2 aromatic carbocycles. The maximum atomic E-state index is 12.5. The zero-order valence-electron chi connectivity index (χ0n) is 14.8. The summed E-state index contributed by atoms with van der Waals surface area (Å²) in [5.74, 6) is 0.933. The van der Waals surface area contributed by atoms with Gasteiger partial charge in [-0.2, -0.15) is 0 Å². The summed E-state index contributed by atoms with van der Waals surface area (Å²) in [6, 6.07) is 17.5. The molecule has 1 amide bonds. The van der Waals surface area contributed by atoms with Crippen LogP contribution in [0.15, 0.2) is 54.6 Å². The third-order valence-corrected chi connectivity index (χ3v) is 4.71. The Labute approximate surface area is 149 Å². The Bertz CT molecular complexity index is 697. The van der Waals surface area contributed by atoms with Crippen LogP contribution in [0.4, 0.5) is 11.4 Å². The lowest BCUT2D eigenvalue weighted by Gasteiger charge is -2.38. The molecular formula is C20H25N3O2. The normalized spacial score (nSPS) is 16.3. The second-order valence-electron chi connectivity index (χ2n) is 6.23. The van der Waals surface area contributed by atoms with E-state index >= 15 is 0 Å². The molecule has 1 atom stereocenters. The number of nitrogens with one attached hydrogen (secondary N) is 1. The molecular weight excluding hydrogens is 314 g/mol. The van der Waals surface area contributed by atoms with Crippen molar-refractivity contribution in [3.8, 4) is 5.75 Å². The highest BCUT2D eigenvalue weighted by atomic mass is 16.5. The number of rotatable bonds is 5. The van der Waals surface area contributed by atoms with Gasteiger partial charge in [0.2, 0.25) is 5.91 Å². The Balaban J connectivity index is 1.57. The Morgan fingerprint density at radius 1 is 1.00 bits per heavy atom. The first-order valence-corrected chi connectivity index (χ1v) is 8.67. The smallest absolute Gasteiger partial charge is 0.241 e. The van der Waals surface area contributed by atoms with Crippen molar-refractivity contribution in [2.45, 2.75) is 13.0 Å². The van der Waals surface area contributed by atoms with Crippen LogP contribution in [-0.4, -0.2) is 50.1 Å². The molecule has 1 aliphatic rings.